The first-order chi connectivity index (χ1) is 26.2. The van der Waals surface area contributed by atoms with Crippen molar-refractivity contribution in [3.8, 4) is 11.5 Å². The average Bonchev–Trinajstić information content (AvgIpc) is 3.15. The smallest absolute Gasteiger partial charge is 0.340 e. The van der Waals surface area contributed by atoms with E-state index in [1.807, 2.05) is 18.9 Å². The quantitative estimate of drug-likeness (QED) is 0.0776. The summed E-state index contributed by atoms with van der Waals surface area (Å²) in [6, 6.07) is 16.1. The van der Waals surface area contributed by atoms with Crippen LogP contribution in [0.25, 0.3) is 21.9 Å². The Morgan fingerprint density at radius 1 is 0.600 bits per heavy atom. The maximum absolute atomic E-state index is 15.2. The molecule has 0 aliphatic heterocycles. The number of rotatable bonds is 14. The fourth-order valence-electron chi connectivity index (χ4n) is 5.86. The molecule has 0 radical (unpaired) electrons. The van der Waals surface area contributed by atoms with E-state index in [0.717, 1.165) is 14.1 Å². The number of fused-ring (bicyclic) bond motifs is 2. The molecule has 0 saturated heterocycles. The number of hydrogen-bond donors (Lipinski definition) is 4. The van der Waals surface area contributed by atoms with Gasteiger partial charge in [0.05, 0.1) is 11.4 Å². The van der Waals surface area contributed by atoms with Crippen molar-refractivity contribution in [1.29, 1.82) is 0 Å². The third-order valence-electron chi connectivity index (χ3n) is 8.60. The van der Waals surface area contributed by atoms with Crippen molar-refractivity contribution in [2.24, 2.45) is 0 Å². The van der Waals surface area contributed by atoms with E-state index in [2.05, 4.69) is 0 Å². The van der Waals surface area contributed by atoms with Crippen LogP contribution in [0.5, 0.6) is 11.5 Å². The Kier molecular flexibility index (Phi) is 11.0. The first-order valence-corrected chi connectivity index (χ1v) is 19.1. The molecule has 0 unspecified atom stereocenters. The predicted octanol–water partition coefficient (Wildman–Crippen LogP) is 5.84. The van der Waals surface area contributed by atoms with Crippen molar-refractivity contribution in [2.75, 3.05) is 23.5 Å². The van der Waals surface area contributed by atoms with Gasteiger partial charge in [0.1, 0.15) is 36.0 Å². The molecular weight excluding hydrogens is 773 g/mol. The summed E-state index contributed by atoms with van der Waals surface area (Å²) < 4.78 is 132. The molecule has 0 bridgehead atoms. The lowest BCUT2D eigenvalue weighted by Crippen LogP contribution is -2.27. The van der Waals surface area contributed by atoms with Crippen LogP contribution in [0.3, 0.4) is 0 Å². The monoisotopic (exact) mass is 802 g/mol. The summed E-state index contributed by atoms with van der Waals surface area (Å²) in [6.45, 7) is -2.25. The van der Waals surface area contributed by atoms with Crippen LogP contribution in [0.4, 0.5) is 28.9 Å². The van der Waals surface area contributed by atoms with Crippen molar-refractivity contribution < 1.29 is 48.0 Å². The van der Waals surface area contributed by atoms with Crippen LogP contribution < -0.4 is 34.9 Å². The molecule has 0 saturated carbocycles. The van der Waals surface area contributed by atoms with Crippen LogP contribution in [-0.2, 0) is 46.6 Å². The maximum atomic E-state index is 15.2. The summed E-state index contributed by atoms with van der Waals surface area (Å²) >= 11 is 0. The lowest BCUT2D eigenvalue weighted by atomic mass is 9.98. The molecule has 0 spiro atoms. The van der Waals surface area contributed by atoms with E-state index >= 15 is 8.78 Å². The van der Waals surface area contributed by atoms with Crippen molar-refractivity contribution >= 4 is 53.7 Å². The Labute approximate surface area is 310 Å². The molecule has 13 nitrogen and oxygen atoms in total. The molecule has 0 atom stereocenters. The molecule has 0 fully saturated rings. The summed E-state index contributed by atoms with van der Waals surface area (Å²) in [5.74, 6) is -1.71. The first-order valence-electron chi connectivity index (χ1n) is 16.1. The van der Waals surface area contributed by atoms with E-state index in [0.29, 0.717) is 0 Å². The Bertz CT molecular complexity index is 2620. The topological polar surface area (TPSA) is 186 Å². The predicted molar refractivity (Wildman–Crippen MR) is 196 cm³/mol. The molecule has 2 heterocycles. The van der Waals surface area contributed by atoms with Crippen LogP contribution in [-0.4, -0.2) is 30.9 Å². The number of ether oxygens (including phenoxy) is 1. The molecule has 4 N–H and O–H groups in total. The molecule has 0 aliphatic carbocycles. The molecule has 19 heteroatoms. The highest BCUT2D eigenvalue weighted by molar-refractivity contribution is 7.91. The number of halogens is 4. The highest BCUT2D eigenvalue weighted by atomic mass is 32.2. The van der Waals surface area contributed by atoms with Gasteiger partial charge in [-0.2, -0.15) is 16.8 Å². The summed E-state index contributed by atoms with van der Waals surface area (Å²) in [5.41, 5.74) is -3.55. The Hall–Kier alpha value is -5.76. The average molecular weight is 803 g/mol. The van der Waals surface area contributed by atoms with E-state index in [1.54, 1.807) is 0 Å². The SMILES string of the molecule is CNS(=O)(=O)Nc1cccc(Cc2c(CF)c3ccc(Oc4ccc5c(CF)c(Cc6cccc(NS(=O)(=O)NC)c6F)c(=O)oc5c4)cc3oc2=O)c1F. The van der Waals surface area contributed by atoms with Crippen LogP contribution in [0, 0.1) is 11.6 Å². The number of hydrogen-bond acceptors (Lipinski definition) is 9. The summed E-state index contributed by atoms with van der Waals surface area (Å²) in [7, 11) is -5.84. The molecule has 2 aromatic heterocycles. The lowest BCUT2D eigenvalue weighted by molar-refractivity contribution is 0.468. The number of anilines is 2. The van der Waals surface area contributed by atoms with E-state index in [1.165, 1.54) is 72.8 Å². The van der Waals surface area contributed by atoms with Gasteiger partial charge >= 0.3 is 11.3 Å². The molecule has 0 amide bonds. The van der Waals surface area contributed by atoms with Crippen molar-refractivity contribution in [1.82, 2.24) is 9.44 Å². The second-order valence-electron chi connectivity index (χ2n) is 11.9. The third-order valence-corrected chi connectivity index (χ3v) is 10.7. The van der Waals surface area contributed by atoms with Gasteiger partial charge in [-0.05, 0) is 47.5 Å². The fraction of sp³-hybridized carbons (Fsp3) is 0.167. The van der Waals surface area contributed by atoms with Crippen LogP contribution >= 0.6 is 0 Å². The maximum Gasteiger partial charge on any atom is 0.340 e. The van der Waals surface area contributed by atoms with Crippen LogP contribution in [0.1, 0.15) is 33.4 Å². The molecule has 288 valence electrons. The molecule has 55 heavy (non-hydrogen) atoms. The van der Waals surface area contributed by atoms with Gasteiger partial charge in [0.2, 0.25) is 0 Å². The van der Waals surface area contributed by atoms with Gasteiger partial charge < -0.3 is 13.6 Å². The van der Waals surface area contributed by atoms with E-state index in [4.69, 9.17) is 13.6 Å². The Morgan fingerprint density at radius 2 is 1.00 bits per heavy atom. The number of benzene rings is 4. The van der Waals surface area contributed by atoms with Crippen LogP contribution in [0.15, 0.2) is 91.2 Å². The van der Waals surface area contributed by atoms with Crippen molar-refractivity contribution in [2.45, 2.75) is 26.2 Å². The summed E-state index contributed by atoms with van der Waals surface area (Å²) in [5, 5.41) is 0.367. The van der Waals surface area contributed by atoms with E-state index in [9.17, 15) is 35.2 Å². The minimum atomic E-state index is -4.05. The molecule has 0 aliphatic rings. The molecule has 6 aromatic rings. The van der Waals surface area contributed by atoms with Gasteiger partial charge in [-0.3, -0.25) is 9.44 Å². The van der Waals surface area contributed by atoms with E-state index in [-0.39, 0.29) is 78.2 Å². The molecule has 6 rings (SSSR count). The van der Waals surface area contributed by atoms with Gasteiger partial charge in [0.25, 0.3) is 20.4 Å². The highest BCUT2D eigenvalue weighted by Crippen LogP contribution is 2.33. The van der Waals surface area contributed by atoms with Gasteiger partial charge in [-0.15, -0.1) is 0 Å². The van der Waals surface area contributed by atoms with Crippen molar-refractivity contribution in [3.63, 3.8) is 0 Å². The second-order valence-corrected chi connectivity index (χ2v) is 15.1. The second kappa shape index (κ2) is 15.5. The Balaban J connectivity index is 1.28. The third kappa shape index (κ3) is 8.19. The standard InChI is InChI=1S/C36H30F4N4O9S2/c1-41-54(47,48)43-29-7-3-5-19(33(29)39)13-25-27(17-37)23-11-9-21(15-31(23)52-35(25)45)51-22-10-12-24-28(18-38)26(36(46)53-32(24)16-22)14-20-6-4-8-30(34(20)40)44-55(49,50)42-2/h3-12,15-16,41-44H,13-14,17-18H2,1-2H3. The van der Waals surface area contributed by atoms with Crippen molar-refractivity contribution in [3.05, 3.63) is 139 Å². The zero-order valence-corrected chi connectivity index (χ0v) is 30.4. The number of alkyl halides is 2. The minimum Gasteiger partial charge on any atom is -0.457 e. The molecular formula is C36H30F4N4O9S2. The van der Waals surface area contributed by atoms with E-state index < -0.39 is 69.5 Å². The Morgan fingerprint density at radius 3 is 1.36 bits per heavy atom. The first kappa shape index (κ1) is 38.9. The summed E-state index contributed by atoms with van der Waals surface area (Å²) in [6.07, 6.45) is -0.831. The lowest BCUT2D eigenvalue weighted by Gasteiger charge is -2.14. The highest BCUT2D eigenvalue weighted by Gasteiger charge is 2.22. The zero-order valence-electron chi connectivity index (χ0n) is 28.8. The van der Waals surface area contributed by atoms with Crippen LogP contribution in [0.2, 0.25) is 0 Å². The van der Waals surface area contributed by atoms with Gasteiger partial charge in [-0.1, -0.05) is 24.3 Å². The van der Waals surface area contributed by atoms with Gasteiger partial charge in [0, 0.05) is 72.1 Å². The zero-order chi connectivity index (χ0) is 39.7. The molecule has 4 aromatic carbocycles. The normalized spacial score (nSPS) is 12.0. The largest absolute Gasteiger partial charge is 0.457 e. The van der Waals surface area contributed by atoms with Gasteiger partial charge in [-0.25, -0.2) is 36.6 Å². The minimum absolute atomic E-state index is 0.0679. The fourth-order valence-corrected chi connectivity index (χ4v) is 6.95. The number of nitrogens with one attached hydrogen (secondary N) is 4. The van der Waals surface area contributed by atoms with Gasteiger partial charge in [0.15, 0.2) is 11.6 Å². The summed E-state index contributed by atoms with van der Waals surface area (Å²) in [4.78, 5) is 26.2.